The molecule has 2 aromatic rings. The molecule has 7 nitrogen and oxygen atoms in total. The summed E-state index contributed by atoms with van der Waals surface area (Å²) < 4.78 is 20.3. The third kappa shape index (κ3) is 3.62. The number of carbonyl (C=O) groups is 2. The van der Waals surface area contributed by atoms with Crippen LogP contribution in [0.15, 0.2) is 41.4 Å². The van der Waals surface area contributed by atoms with Gasteiger partial charge in [0.05, 0.1) is 18.1 Å². The summed E-state index contributed by atoms with van der Waals surface area (Å²) in [6.45, 7) is 5.15. The van der Waals surface area contributed by atoms with Crippen LogP contribution < -0.4 is 10.5 Å². The molecule has 0 fully saturated rings. The van der Waals surface area contributed by atoms with E-state index >= 15 is 0 Å². The maximum atomic E-state index is 15.0. The number of ether oxygens (including phenoxy) is 1. The van der Waals surface area contributed by atoms with Gasteiger partial charge in [-0.1, -0.05) is 18.2 Å². The number of amides is 1. The maximum Gasteiger partial charge on any atom is 0.335 e. The number of aliphatic imine (C=N–C) groups is 1. The van der Waals surface area contributed by atoms with E-state index in [4.69, 9.17) is 10.5 Å². The van der Waals surface area contributed by atoms with Crippen LogP contribution in [0.4, 0.5) is 4.39 Å². The van der Waals surface area contributed by atoms with Gasteiger partial charge < -0.3 is 15.6 Å². The van der Waals surface area contributed by atoms with Crippen LogP contribution in [0, 0.1) is 11.2 Å². The molecular formula is C23H26FN3O4. The summed E-state index contributed by atoms with van der Waals surface area (Å²) in [7, 11) is 3.01. The Morgan fingerprint density at radius 2 is 1.90 bits per heavy atom. The number of carboxylic acids is 1. The number of halogens is 1. The van der Waals surface area contributed by atoms with Crippen LogP contribution >= 0.6 is 0 Å². The third-order valence-corrected chi connectivity index (χ3v) is 6.22. The van der Waals surface area contributed by atoms with Crippen molar-refractivity contribution in [3.05, 3.63) is 64.5 Å². The molecule has 2 aromatic carbocycles. The fourth-order valence-electron chi connectivity index (χ4n) is 3.87. The smallest absolute Gasteiger partial charge is 0.335 e. The number of nitrogens with zero attached hydrogens (tertiary/aromatic N) is 2. The lowest BCUT2D eigenvalue weighted by atomic mass is 9.67. The van der Waals surface area contributed by atoms with Crippen LogP contribution in [-0.2, 0) is 16.8 Å². The van der Waals surface area contributed by atoms with Gasteiger partial charge in [-0.3, -0.25) is 9.69 Å². The van der Waals surface area contributed by atoms with E-state index in [1.54, 1.807) is 46.0 Å². The van der Waals surface area contributed by atoms with E-state index in [2.05, 4.69) is 4.99 Å². The van der Waals surface area contributed by atoms with Gasteiger partial charge in [0.25, 0.3) is 0 Å². The van der Waals surface area contributed by atoms with E-state index in [1.807, 2.05) is 0 Å². The number of guanidine groups is 1. The standard InChI is InChI=1S/C23H26FN3O4/c1-22(2)20(30)27(4)21(25)26-23(22,3)16-11-13(6-9-17(16)24)10-14-7-8-15(19(28)29)12-18(14)31-5/h6-9,11-12H,10H2,1-5H3,(H2,25,26)(H,28,29)/t23-/m1/s1. The van der Waals surface area contributed by atoms with E-state index in [0.29, 0.717) is 12.2 Å². The Bertz CT molecular complexity index is 1100. The minimum absolute atomic E-state index is 0.0301. The third-order valence-electron chi connectivity index (χ3n) is 6.22. The van der Waals surface area contributed by atoms with Crippen molar-refractivity contribution in [2.75, 3.05) is 14.2 Å². The summed E-state index contributed by atoms with van der Waals surface area (Å²) in [5, 5.41) is 9.18. The molecule has 0 radical (unpaired) electrons. The number of carboxylic acid groups (broad SMARTS) is 1. The Kier molecular flexibility index (Phi) is 5.52. The van der Waals surface area contributed by atoms with Gasteiger partial charge >= 0.3 is 5.97 Å². The number of carbonyl (C=O) groups excluding carboxylic acids is 1. The maximum absolute atomic E-state index is 15.0. The number of hydrogen-bond acceptors (Lipinski definition) is 5. The molecule has 0 aliphatic carbocycles. The molecule has 31 heavy (non-hydrogen) atoms. The summed E-state index contributed by atoms with van der Waals surface area (Å²) in [5.74, 6) is -1.33. The zero-order chi connectivity index (χ0) is 23.1. The number of hydrogen-bond donors (Lipinski definition) is 2. The first-order chi connectivity index (χ1) is 14.4. The van der Waals surface area contributed by atoms with Gasteiger partial charge in [-0.25, -0.2) is 14.2 Å². The minimum Gasteiger partial charge on any atom is -0.496 e. The number of methoxy groups -OCH3 is 1. The molecule has 3 rings (SSSR count). The predicted octanol–water partition coefficient (Wildman–Crippen LogP) is 3.15. The highest BCUT2D eigenvalue weighted by Crippen LogP contribution is 2.47. The SMILES string of the molecule is COc1cc(C(=O)O)ccc1Cc1ccc(F)c([C@@]2(C)N=C(N)N(C)C(=O)C2(C)C)c1. The van der Waals surface area contributed by atoms with Crippen molar-refractivity contribution in [2.45, 2.75) is 32.7 Å². The molecule has 0 spiro atoms. The highest BCUT2D eigenvalue weighted by atomic mass is 19.1. The van der Waals surface area contributed by atoms with Crippen molar-refractivity contribution >= 4 is 17.8 Å². The molecule has 8 heteroatoms. The normalized spacial score (nSPS) is 20.4. The number of aromatic carboxylic acids is 1. The van der Waals surface area contributed by atoms with Gasteiger partial charge in [0.15, 0.2) is 5.96 Å². The van der Waals surface area contributed by atoms with Crippen molar-refractivity contribution in [2.24, 2.45) is 16.1 Å². The average Bonchev–Trinajstić information content (AvgIpc) is 2.72. The molecule has 164 valence electrons. The summed E-state index contributed by atoms with van der Waals surface area (Å²) in [5.41, 5.74) is 5.60. The largest absolute Gasteiger partial charge is 0.496 e. The van der Waals surface area contributed by atoms with Crippen molar-refractivity contribution in [3.63, 3.8) is 0 Å². The molecule has 0 saturated carbocycles. The van der Waals surface area contributed by atoms with Gasteiger partial charge in [0.1, 0.15) is 17.1 Å². The summed E-state index contributed by atoms with van der Waals surface area (Å²) >= 11 is 0. The number of nitrogens with two attached hydrogens (primary N) is 1. The Hall–Kier alpha value is -3.42. The molecule has 1 atom stereocenters. The molecular weight excluding hydrogens is 401 g/mol. The van der Waals surface area contributed by atoms with Crippen molar-refractivity contribution < 1.29 is 23.8 Å². The summed E-state index contributed by atoms with van der Waals surface area (Å²) in [4.78, 5) is 29.9. The second kappa shape index (κ2) is 7.68. The Morgan fingerprint density at radius 1 is 1.23 bits per heavy atom. The van der Waals surface area contributed by atoms with Crippen molar-refractivity contribution in [1.29, 1.82) is 0 Å². The first kappa shape index (κ1) is 22.3. The monoisotopic (exact) mass is 427 g/mol. The highest BCUT2D eigenvalue weighted by Gasteiger charge is 2.53. The van der Waals surface area contributed by atoms with Crippen LogP contribution in [0.2, 0.25) is 0 Å². The fourth-order valence-corrected chi connectivity index (χ4v) is 3.87. The highest BCUT2D eigenvalue weighted by molar-refractivity contribution is 6.01. The predicted molar refractivity (Wildman–Crippen MR) is 115 cm³/mol. The van der Waals surface area contributed by atoms with Crippen LogP contribution in [0.25, 0.3) is 0 Å². The van der Waals surface area contributed by atoms with E-state index in [0.717, 1.165) is 11.1 Å². The van der Waals surface area contributed by atoms with Gasteiger partial charge in [0.2, 0.25) is 5.91 Å². The fraction of sp³-hybridized carbons (Fsp3) is 0.348. The lowest BCUT2D eigenvalue weighted by Gasteiger charge is -2.46. The second-order valence-corrected chi connectivity index (χ2v) is 8.35. The van der Waals surface area contributed by atoms with Crippen LogP contribution in [0.3, 0.4) is 0 Å². The molecule has 0 bridgehead atoms. The summed E-state index contributed by atoms with van der Waals surface area (Å²) in [6.07, 6.45) is 0.375. The number of benzene rings is 2. The molecule has 1 aliphatic heterocycles. The quantitative estimate of drug-likeness (QED) is 0.763. The average molecular weight is 427 g/mol. The minimum atomic E-state index is -1.21. The Balaban J connectivity index is 2.08. The first-order valence-corrected chi connectivity index (χ1v) is 9.75. The second-order valence-electron chi connectivity index (χ2n) is 8.35. The van der Waals surface area contributed by atoms with E-state index in [-0.39, 0.29) is 23.0 Å². The summed E-state index contributed by atoms with van der Waals surface area (Å²) in [6, 6.07) is 9.29. The molecule has 3 N–H and O–H groups in total. The molecule has 0 unspecified atom stereocenters. The van der Waals surface area contributed by atoms with E-state index in [9.17, 15) is 19.1 Å². The van der Waals surface area contributed by atoms with Gasteiger partial charge in [0, 0.05) is 19.0 Å². The lowest BCUT2D eigenvalue weighted by molar-refractivity contribution is -0.140. The van der Waals surface area contributed by atoms with Gasteiger partial charge in [-0.15, -0.1) is 0 Å². The lowest BCUT2D eigenvalue weighted by Crippen LogP contribution is -2.58. The Labute approximate surface area is 180 Å². The first-order valence-electron chi connectivity index (χ1n) is 9.75. The van der Waals surface area contributed by atoms with Gasteiger partial charge in [-0.2, -0.15) is 0 Å². The molecule has 1 amide bonds. The molecule has 0 aromatic heterocycles. The zero-order valence-corrected chi connectivity index (χ0v) is 18.2. The molecule has 1 aliphatic rings. The van der Waals surface area contributed by atoms with Crippen molar-refractivity contribution in [3.8, 4) is 5.75 Å². The van der Waals surface area contributed by atoms with Crippen molar-refractivity contribution in [1.82, 2.24) is 4.90 Å². The number of rotatable bonds is 5. The topological polar surface area (TPSA) is 105 Å². The van der Waals surface area contributed by atoms with Crippen LogP contribution in [-0.4, -0.2) is 42.0 Å². The van der Waals surface area contributed by atoms with Crippen LogP contribution in [0.5, 0.6) is 5.75 Å². The Morgan fingerprint density at radius 3 is 2.52 bits per heavy atom. The van der Waals surface area contributed by atoms with Crippen LogP contribution in [0.1, 0.15) is 47.8 Å². The van der Waals surface area contributed by atoms with Gasteiger partial charge in [-0.05, 0) is 50.1 Å². The molecule has 0 saturated heterocycles. The zero-order valence-electron chi connectivity index (χ0n) is 18.2. The molecule has 1 heterocycles. The van der Waals surface area contributed by atoms with E-state index < -0.39 is 22.7 Å². The van der Waals surface area contributed by atoms with E-state index in [1.165, 1.54) is 30.2 Å².